The van der Waals surface area contributed by atoms with Gasteiger partial charge in [-0.25, -0.2) is 4.98 Å². The van der Waals surface area contributed by atoms with Gasteiger partial charge in [0, 0.05) is 51.4 Å². The van der Waals surface area contributed by atoms with E-state index < -0.39 is 0 Å². The summed E-state index contributed by atoms with van der Waals surface area (Å²) in [7, 11) is 3.69. The van der Waals surface area contributed by atoms with E-state index in [1.54, 1.807) is 18.3 Å². The second kappa shape index (κ2) is 8.79. The number of likely N-dealkylation sites (tertiary alicyclic amines) is 1. The summed E-state index contributed by atoms with van der Waals surface area (Å²) in [5, 5.41) is 9.83. The minimum atomic E-state index is -0.0634. The minimum absolute atomic E-state index is 0.0634. The van der Waals surface area contributed by atoms with Crippen LogP contribution in [0, 0.1) is 11.8 Å². The van der Waals surface area contributed by atoms with Crippen molar-refractivity contribution in [2.45, 2.75) is 6.42 Å². The average molecular weight is 362 g/mol. The van der Waals surface area contributed by atoms with Gasteiger partial charge in [0.2, 0.25) is 5.88 Å². The van der Waals surface area contributed by atoms with Crippen molar-refractivity contribution in [3.05, 3.63) is 23.9 Å². The molecular weight excluding hydrogens is 332 g/mol. The number of hydrogen-bond donors (Lipinski definition) is 1. The molecule has 2 fully saturated rings. The van der Waals surface area contributed by atoms with Crippen LogP contribution in [-0.4, -0.2) is 97.3 Å². The number of carbonyl (C=O) groups excluding carboxylic acids is 1. The molecule has 3 rings (SSSR count). The Morgan fingerprint density at radius 3 is 2.85 bits per heavy atom. The number of hydrogen-bond acceptors (Lipinski definition) is 6. The highest BCUT2D eigenvalue weighted by atomic mass is 16.5. The minimum Gasteiger partial charge on any atom is -0.480 e. The molecule has 2 saturated heterocycles. The molecule has 7 heteroatoms. The van der Waals surface area contributed by atoms with Gasteiger partial charge in [0.1, 0.15) is 5.56 Å². The third-order valence-corrected chi connectivity index (χ3v) is 5.60. The third kappa shape index (κ3) is 4.34. The second-order valence-electron chi connectivity index (χ2n) is 7.43. The highest BCUT2D eigenvalue weighted by Gasteiger charge is 2.37. The first-order valence-corrected chi connectivity index (χ1v) is 9.42. The highest BCUT2D eigenvalue weighted by molar-refractivity contribution is 5.96. The standard InChI is InChI=1S/C19H30N4O3/c1-21-7-4-8-22(10-9-21)11-15-12-23(13-16(15)14-24)19(25)17-5-3-6-20-18(17)26-2/h3,5-6,15-16,24H,4,7-14H2,1-2H3. The zero-order valence-corrected chi connectivity index (χ0v) is 15.8. The van der Waals surface area contributed by atoms with Gasteiger partial charge >= 0.3 is 0 Å². The number of amides is 1. The maximum atomic E-state index is 12.9. The van der Waals surface area contributed by atoms with E-state index in [0.717, 1.165) is 32.7 Å². The molecule has 0 bridgehead atoms. The van der Waals surface area contributed by atoms with Crippen LogP contribution in [0.2, 0.25) is 0 Å². The van der Waals surface area contributed by atoms with Crippen molar-refractivity contribution in [1.29, 1.82) is 0 Å². The molecule has 3 heterocycles. The zero-order valence-electron chi connectivity index (χ0n) is 15.8. The number of aliphatic hydroxyl groups is 1. The largest absolute Gasteiger partial charge is 0.480 e. The molecule has 0 aromatic carbocycles. The van der Waals surface area contributed by atoms with E-state index in [-0.39, 0.29) is 18.4 Å². The molecule has 1 amide bonds. The number of nitrogens with zero attached hydrogens (tertiary/aromatic N) is 4. The molecule has 0 aliphatic carbocycles. The molecule has 1 aromatic rings. The van der Waals surface area contributed by atoms with Crippen molar-refractivity contribution in [2.75, 3.05) is 66.6 Å². The lowest BCUT2D eigenvalue weighted by Crippen LogP contribution is -2.36. The number of aromatic nitrogens is 1. The van der Waals surface area contributed by atoms with E-state index in [4.69, 9.17) is 4.74 Å². The number of ether oxygens (including phenoxy) is 1. The SMILES string of the molecule is COc1ncccc1C(=O)N1CC(CO)C(CN2CCCN(C)CC2)C1. The summed E-state index contributed by atoms with van der Waals surface area (Å²) in [5.41, 5.74) is 0.490. The molecule has 2 unspecified atom stereocenters. The zero-order chi connectivity index (χ0) is 18.5. The summed E-state index contributed by atoms with van der Waals surface area (Å²) in [4.78, 5) is 23.7. The summed E-state index contributed by atoms with van der Waals surface area (Å²) in [6, 6.07) is 3.50. The van der Waals surface area contributed by atoms with Gasteiger partial charge in [-0.05, 0) is 44.6 Å². The predicted molar refractivity (Wildman–Crippen MR) is 99.3 cm³/mol. The monoisotopic (exact) mass is 362 g/mol. The summed E-state index contributed by atoms with van der Waals surface area (Å²) in [6.07, 6.45) is 2.79. The Morgan fingerprint density at radius 1 is 1.27 bits per heavy atom. The lowest BCUT2D eigenvalue weighted by Gasteiger charge is -2.26. The molecule has 0 spiro atoms. The van der Waals surface area contributed by atoms with E-state index in [9.17, 15) is 9.90 Å². The number of pyridine rings is 1. The maximum Gasteiger partial charge on any atom is 0.259 e. The molecular formula is C19H30N4O3. The molecule has 1 N–H and O–H groups in total. The summed E-state index contributed by atoms with van der Waals surface area (Å²) in [6.45, 7) is 6.67. The predicted octanol–water partition coefficient (Wildman–Crippen LogP) is 0.408. The van der Waals surface area contributed by atoms with Crippen LogP contribution in [0.25, 0.3) is 0 Å². The summed E-state index contributed by atoms with van der Waals surface area (Å²) in [5.74, 6) is 0.723. The number of aliphatic hydroxyl groups excluding tert-OH is 1. The van der Waals surface area contributed by atoms with E-state index in [1.807, 2.05) is 4.90 Å². The van der Waals surface area contributed by atoms with Crippen LogP contribution in [0.15, 0.2) is 18.3 Å². The van der Waals surface area contributed by atoms with Crippen molar-refractivity contribution in [3.63, 3.8) is 0 Å². The summed E-state index contributed by atoms with van der Waals surface area (Å²) < 4.78 is 5.23. The fourth-order valence-corrected chi connectivity index (χ4v) is 4.02. The highest BCUT2D eigenvalue weighted by Crippen LogP contribution is 2.27. The van der Waals surface area contributed by atoms with Gasteiger partial charge in [-0.2, -0.15) is 0 Å². The number of methoxy groups -OCH3 is 1. The Labute approximate surface area is 155 Å². The van der Waals surface area contributed by atoms with Crippen LogP contribution in [-0.2, 0) is 0 Å². The summed E-state index contributed by atoms with van der Waals surface area (Å²) >= 11 is 0. The Balaban J connectivity index is 1.65. The molecule has 2 aliphatic heterocycles. The van der Waals surface area contributed by atoms with Gasteiger partial charge in [0.25, 0.3) is 5.91 Å². The van der Waals surface area contributed by atoms with E-state index in [0.29, 0.717) is 30.5 Å². The Morgan fingerprint density at radius 2 is 2.08 bits per heavy atom. The topological polar surface area (TPSA) is 69.1 Å². The first kappa shape index (κ1) is 19.1. The number of likely N-dealkylation sites (N-methyl/N-ethyl adjacent to an activating group) is 1. The first-order chi connectivity index (χ1) is 12.6. The van der Waals surface area contributed by atoms with Crippen LogP contribution in [0.1, 0.15) is 16.8 Å². The van der Waals surface area contributed by atoms with E-state index in [2.05, 4.69) is 21.8 Å². The molecule has 2 aliphatic rings. The van der Waals surface area contributed by atoms with Gasteiger partial charge in [-0.15, -0.1) is 0 Å². The number of carbonyl (C=O) groups is 1. The molecule has 26 heavy (non-hydrogen) atoms. The van der Waals surface area contributed by atoms with E-state index >= 15 is 0 Å². The van der Waals surface area contributed by atoms with Crippen molar-refractivity contribution in [3.8, 4) is 5.88 Å². The van der Waals surface area contributed by atoms with Crippen molar-refractivity contribution < 1.29 is 14.6 Å². The van der Waals surface area contributed by atoms with Gasteiger partial charge < -0.3 is 24.5 Å². The lowest BCUT2D eigenvalue weighted by molar-refractivity contribution is 0.0775. The first-order valence-electron chi connectivity index (χ1n) is 9.42. The van der Waals surface area contributed by atoms with Gasteiger partial charge in [0.15, 0.2) is 0 Å². The molecule has 7 nitrogen and oxygen atoms in total. The molecule has 2 atom stereocenters. The second-order valence-corrected chi connectivity index (χ2v) is 7.43. The fraction of sp³-hybridized carbons (Fsp3) is 0.684. The quantitative estimate of drug-likeness (QED) is 0.818. The molecule has 0 saturated carbocycles. The maximum absolute atomic E-state index is 12.9. The Hall–Kier alpha value is -1.70. The fourth-order valence-electron chi connectivity index (χ4n) is 4.02. The molecule has 1 aromatic heterocycles. The number of rotatable bonds is 5. The third-order valence-electron chi connectivity index (χ3n) is 5.60. The smallest absolute Gasteiger partial charge is 0.259 e. The average Bonchev–Trinajstić information content (AvgIpc) is 2.96. The van der Waals surface area contributed by atoms with Crippen LogP contribution >= 0.6 is 0 Å². The Bertz CT molecular complexity index is 612. The van der Waals surface area contributed by atoms with Crippen LogP contribution < -0.4 is 4.74 Å². The van der Waals surface area contributed by atoms with Crippen molar-refractivity contribution in [1.82, 2.24) is 19.7 Å². The van der Waals surface area contributed by atoms with Crippen molar-refractivity contribution in [2.24, 2.45) is 11.8 Å². The lowest BCUT2D eigenvalue weighted by atomic mass is 9.96. The van der Waals surface area contributed by atoms with E-state index in [1.165, 1.54) is 13.5 Å². The molecule has 0 radical (unpaired) electrons. The van der Waals surface area contributed by atoms with Crippen LogP contribution in [0.4, 0.5) is 0 Å². The van der Waals surface area contributed by atoms with Crippen LogP contribution in [0.3, 0.4) is 0 Å². The normalized spacial score (nSPS) is 25.3. The molecule has 144 valence electrons. The van der Waals surface area contributed by atoms with Crippen LogP contribution in [0.5, 0.6) is 5.88 Å². The van der Waals surface area contributed by atoms with Gasteiger partial charge in [0.05, 0.1) is 7.11 Å². The van der Waals surface area contributed by atoms with Crippen molar-refractivity contribution >= 4 is 5.91 Å². The van der Waals surface area contributed by atoms with Gasteiger partial charge in [-0.3, -0.25) is 4.79 Å². The Kier molecular flexibility index (Phi) is 6.45. The van der Waals surface area contributed by atoms with Gasteiger partial charge in [-0.1, -0.05) is 0 Å².